The molecule has 1 fully saturated rings. The first-order valence-corrected chi connectivity index (χ1v) is 10.7. The topological polar surface area (TPSA) is 63.2 Å². The molecule has 0 unspecified atom stereocenters. The highest BCUT2D eigenvalue weighted by Gasteiger charge is 2.33. The van der Waals surface area contributed by atoms with Crippen molar-refractivity contribution in [1.29, 1.82) is 0 Å². The van der Waals surface area contributed by atoms with Gasteiger partial charge in [-0.25, -0.2) is 4.79 Å². The van der Waals surface area contributed by atoms with Gasteiger partial charge in [-0.05, 0) is 67.8 Å². The van der Waals surface area contributed by atoms with Crippen molar-refractivity contribution >= 4 is 5.97 Å². The van der Waals surface area contributed by atoms with E-state index >= 15 is 0 Å². The number of esters is 1. The molecule has 3 rings (SSSR count). The first-order valence-electron chi connectivity index (χ1n) is 10.7. The fourth-order valence-corrected chi connectivity index (χ4v) is 3.09. The number of rotatable bonds is 12. The zero-order valence-electron chi connectivity index (χ0n) is 18.4. The molecule has 2 aromatic carbocycles. The Hall–Kier alpha value is -2.78. The van der Waals surface area contributed by atoms with Crippen molar-refractivity contribution in [3.8, 4) is 17.2 Å². The summed E-state index contributed by atoms with van der Waals surface area (Å²) < 4.78 is 62.1. The zero-order chi connectivity index (χ0) is 23.7. The SMILES string of the molecule is CC1(COCCCCCOc2ccc(C(=O)Oc3ccc(OC(F)(F)F)cc3)cc2)COC1. The molecular weight excluding hydrogens is 441 g/mol. The first-order chi connectivity index (χ1) is 15.7. The largest absolute Gasteiger partial charge is 0.573 e. The van der Waals surface area contributed by atoms with Crippen LogP contribution in [-0.4, -0.2) is 45.4 Å². The predicted octanol–water partition coefficient (Wildman–Crippen LogP) is 5.41. The van der Waals surface area contributed by atoms with E-state index in [9.17, 15) is 18.0 Å². The second-order valence-corrected chi connectivity index (χ2v) is 8.20. The Morgan fingerprint density at radius 3 is 2.12 bits per heavy atom. The van der Waals surface area contributed by atoms with E-state index in [1.165, 1.54) is 12.1 Å². The molecule has 0 saturated carbocycles. The maximum Gasteiger partial charge on any atom is 0.573 e. The van der Waals surface area contributed by atoms with Crippen LogP contribution in [0.5, 0.6) is 17.2 Å². The number of alkyl halides is 3. The minimum Gasteiger partial charge on any atom is -0.494 e. The number of benzene rings is 2. The molecule has 1 heterocycles. The van der Waals surface area contributed by atoms with Gasteiger partial charge in [0.1, 0.15) is 17.2 Å². The molecule has 0 amide bonds. The highest BCUT2D eigenvalue weighted by Crippen LogP contribution is 2.27. The second-order valence-electron chi connectivity index (χ2n) is 8.20. The van der Waals surface area contributed by atoms with Crippen LogP contribution >= 0.6 is 0 Å². The third kappa shape index (κ3) is 8.58. The normalized spacial score (nSPS) is 14.9. The summed E-state index contributed by atoms with van der Waals surface area (Å²) in [6.07, 6.45) is -1.93. The molecule has 0 N–H and O–H groups in total. The Morgan fingerprint density at radius 1 is 0.909 bits per heavy atom. The number of hydrogen-bond acceptors (Lipinski definition) is 6. The number of carbonyl (C=O) groups excluding carboxylic acids is 1. The van der Waals surface area contributed by atoms with Crippen LogP contribution in [0.3, 0.4) is 0 Å². The summed E-state index contributed by atoms with van der Waals surface area (Å²) in [6, 6.07) is 11.1. The summed E-state index contributed by atoms with van der Waals surface area (Å²) in [5.74, 6) is -0.286. The lowest BCUT2D eigenvalue weighted by Gasteiger charge is -2.37. The molecule has 6 nitrogen and oxygen atoms in total. The van der Waals surface area contributed by atoms with Gasteiger partial charge in [-0.15, -0.1) is 13.2 Å². The number of ether oxygens (including phenoxy) is 5. The molecule has 180 valence electrons. The summed E-state index contributed by atoms with van der Waals surface area (Å²) in [4.78, 5) is 12.2. The van der Waals surface area contributed by atoms with Gasteiger partial charge in [-0.3, -0.25) is 0 Å². The van der Waals surface area contributed by atoms with Crippen LogP contribution < -0.4 is 14.2 Å². The van der Waals surface area contributed by atoms with E-state index in [1.54, 1.807) is 24.3 Å². The van der Waals surface area contributed by atoms with E-state index in [1.807, 2.05) is 0 Å². The van der Waals surface area contributed by atoms with E-state index in [0.29, 0.717) is 17.9 Å². The van der Waals surface area contributed by atoms with Crippen LogP contribution in [0.4, 0.5) is 13.2 Å². The van der Waals surface area contributed by atoms with Gasteiger partial charge in [0, 0.05) is 12.0 Å². The Labute approximate surface area is 190 Å². The molecule has 0 aliphatic carbocycles. The van der Waals surface area contributed by atoms with E-state index in [0.717, 1.165) is 57.8 Å². The molecule has 1 aliphatic heterocycles. The summed E-state index contributed by atoms with van der Waals surface area (Å²) in [6.45, 7) is 5.71. The van der Waals surface area contributed by atoms with Gasteiger partial charge in [0.05, 0.1) is 32.0 Å². The van der Waals surface area contributed by atoms with Crippen LogP contribution in [0.25, 0.3) is 0 Å². The average Bonchev–Trinajstić information content (AvgIpc) is 2.75. The first kappa shape index (κ1) is 24.9. The summed E-state index contributed by atoms with van der Waals surface area (Å²) in [5.41, 5.74) is 0.471. The molecule has 0 spiro atoms. The zero-order valence-corrected chi connectivity index (χ0v) is 18.4. The summed E-state index contributed by atoms with van der Waals surface area (Å²) in [5, 5.41) is 0. The van der Waals surface area contributed by atoms with Crippen molar-refractivity contribution in [3.05, 3.63) is 54.1 Å². The Balaban J connectivity index is 1.31. The van der Waals surface area contributed by atoms with E-state index < -0.39 is 18.1 Å². The molecule has 0 radical (unpaired) electrons. The summed E-state index contributed by atoms with van der Waals surface area (Å²) >= 11 is 0. The summed E-state index contributed by atoms with van der Waals surface area (Å²) in [7, 11) is 0. The maximum absolute atomic E-state index is 12.2. The van der Waals surface area contributed by atoms with Crippen LogP contribution in [0.1, 0.15) is 36.5 Å². The van der Waals surface area contributed by atoms with Crippen molar-refractivity contribution < 1.29 is 41.7 Å². The number of hydrogen-bond donors (Lipinski definition) is 0. The van der Waals surface area contributed by atoms with Crippen LogP contribution in [0.2, 0.25) is 0 Å². The lowest BCUT2D eigenvalue weighted by Crippen LogP contribution is -2.43. The average molecular weight is 468 g/mol. The van der Waals surface area contributed by atoms with Gasteiger partial charge >= 0.3 is 12.3 Å². The minimum absolute atomic E-state index is 0.106. The van der Waals surface area contributed by atoms with Gasteiger partial charge in [-0.2, -0.15) is 0 Å². The molecule has 9 heteroatoms. The Kier molecular flexibility index (Phi) is 8.57. The van der Waals surface area contributed by atoms with Crippen LogP contribution in [-0.2, 0) is 9.47 Å². The molecule has 0 atom stereocenters. The van der Waals surface area contributed by atoms with Crippen molar-refractivity contribution in [2.45, 2.75) is 32.5 Å². The predicted molar refractivity (Wildman–Crippen MR) is 114 cm³/mol. The van der Waals surface area contributed by atoms with Crippen LogP contribution in [0.15, 0.2) is 48.5 Å². The van der Waals surface area contributed by atoms with E-state index in [-0.39, 0.29) is 11.2 Å². The van der Waals surface area contributed by atoms with E-state index in [4.69, 9.17) is 18.9 Å². The maximum atomic E-state index is 12.2. The third-order valence-electron chi connectivity index (χ3n) is 4.91. The number of unbranched alkanes of at least 4 members (excludes halogenated alkanes) is 2. The van der Waals surface area contributed by atoms with Gasteiger partial charge in [-0.1, -0.05) is 6.92 Å². The molecule has 0 bridgehead atoms. The van der Waals surface area contributed by atoms with Crippen molar-refractivity contribution in [1.82, 2.24) is 0 Å². The highest BCUT2D eigenvalue weighted by molar-refractivity contribution is 5.91. The number of halogens is 3. The highest BCUT2D eigenvalue weighted by atomic mass is 19.4. The quantitative estimate of drug-likeness (QED) is 0.236. The van der Waals surface area contributed by atoms with Gasteiger partial charge in [0.15, 0.2) is 0 Å². The second kappa shape index (κ2) is 11.4. The van der Waals surface area contributed by atoms with Crippen molar-refractivity contribution in [3.63, 3.8) is 0 Å². The fourth-order valence-electron chi connectivity index (χ4n) is 3.09. The fraction of sp³-hybridized carbons (Fsp3) is 0.458. The molecule has 1 aliphatic rings. The third-order valence-corrected chi connectivity index (χ3v) is 4.91. The molecular formula is C24H27F3O6. The van der Waals surface area contributed by atoms with Gasteiger partial charge < -0.3 is 23.7 Å². The minimum atomic E-state index is -4.78. The number of carbonyl (C=O) groups is 1. The lowest BCUT2D eigenvalue weighted by atomic mass is 9.90. The Morgan fingerprint density at radius 2 is 1.52 bits per heavy atom. The molecule has 1 saturated heterocycles. The van der Waals surface area contributed by atoms with E-state index in [2.05, 4.69) is 11.7 Å². The molecule has 2 aromatic rings. The smallest absolute Gasteiger partial charge is 0.494 e. The van der Waals surface area contributed by atoms with Crippen molar-refractivity contribution in [2.24, 2.45) is 5.41 Å². The van der Waals surface area contributed by atoms with Gasteiger partial charge in [0.2, 0.25) is 0 Å². The van der Waals surface area contributed by atoms with Crippen molar-refractivity contribution in [2.75, 3.05) is 33.0 Å². The monoisotopic (exact) mass is 468 g/mol. The standard InChI is InChI=1S/C24H27F3O6/c1-23(16-30-17-23)15-29-13-3-2-4-14-31-19-7-5-18(6-8-19)22(28)32-20-9-11-21(12-10-20)33-24(25,26)27/h5-12H,2-4,13-17H2,1H3. The van der Waals surface area contributed by atoms with Gasteiger partial charge in [0.25, 0.3) is 0 Å². The lowest BCUT2D eigenvalue weighted by molar-refractivity contribution is -0.274. The van der Waals surface area contributed by atoms with Crippen LogP contribution in [0, 0.1) is 5.41 Å². The molecule has 33 heavy (non-hydrogen) atoms. The Bertz CT molecular complexity index is 877. The molecule has 0 aromatic heterocycles.